The highest BCUT2D eigenvalue weighted by Gasteiger charge is 2.67. The summed E-state index contributed by atoms with van der Waals surface area (Å²) in [4.78, 5) is 0. The second kappa shape index (κ2) is 5.51. The highest BCUT2D eigenvalue weighted by Crippen LogP contribution is 2.53. The van der Waals surface area contributed by atoms with Gasteiger partial charge in [0.15, 0.2) is 0 Å². The van der Waals surface area contributed by atoms with Crippen LogP contribution in [0.5, 0.6) is 0 Å². The van der Waals surface area contributed by atoms with Gasteiger partial charge >= 0.3 is 6.18 Å². The summed E-state index contributed by atoms with van der Waals surface area (Å²) in [5.74, 6) is 4.64. The molecule has 22 heavy (non-hydrogen) atoms. The monoisotopic (exact) mass is 302 g/mol. The Balaban J connectivity index is 1.97. The van der Waals surface area contributed by atoms with Crippen molar-refractivity contribution >= 4 is 0 Å². The molecule has 0 bridgehead atoms. The SMILES string of the molecule is FC(F)(F)[C@]1(c2ccccc2)OC[C@@H]1C#Cc1ccccc1. The fourth-order valence-electron chi connectivity index (χ4n) is 2.58. The van der Waals surface area contributed by atoms with Gasteiger partial charge in [0, 0.05) is 5.56 Å². The van der Waals surface area contributed by atoms with Gasteiger partial charge in [-0.3, -0.25) is 0 Å². The number of benzene rings is 2. The summed E-state index contributed by atoms with van der Waals surface area (Å²) in [6.07, 6.45) is -4.51. The summed E-state index contributed by atoms with van der Waals surface area (Å²) < 4.78 is 45.9. The topological polar surface area (TPSA) is 9.23 Å². The van der Waals surface area contributed by atoms with Crippen molar-refractivity contribution in [1.29, 1.82) is 0 Å². The number of halogens is 3. The van der Waals surface area contributed by atoms with Crippen molar-refractivity contribution < 1.29 is 17.9 Å². The van der Waals surface area contributed by atoms with Gasteiger partial charge in [-0.2, -0.15) is 13.2 Å². The van der Waals surface area contributed by atoms with Gasteiger partial charge in [0.05, 0.1) is 12.5 Å². The first-order chi connectivity index (χ1) is 10.5. The average Bonchev–Trinajstić information content (AvgIpc) is 2.47. The largest absolute Gasteiger partial charge is 0.423 e. The second-order valence-corrected chi connectivity index (χ2v) is 5.10. The van der Waals surface area contributed by atoms with Crippen molar-refractivity contribution in [2.24, 2.45) is 5.92 Å². The zero-order chi connectivity index (χ0) is 15.6. The molecular weight excluding hydrogens is 289 g/mol. The molecule has 0 unspecified atom stereocenters. The minimum Gasteiger partial charge on any atom is -0.358 e. The zero-order valence-corrected chi connectivity index (χ0v) is 11.6. The molecule has 0 saturated carbocycles. The molecule has 0 radical (unpaired) electrons. The third-order valence-electron chi connectivity index (χ3n) is 3.76. The van der Waals surface area contributed by atoms with Crippen molar-refractivity contribution in [2.45, 2.75) is 11.8 Å². The third kappa shape index (κ3) is 2.38. The number of ether oxygens (including phenoxy) is 1. The maximum Gasteiger partial charge on any atom is 0.423 e. The molecule has 2 aromatic rings. The van der Waals surface area contributed by atoms with E-state index in [0.717, 1.165) is 0 Å². The fraction of sp³-hybridized carbons (Fsp3) is 0.222. The summed E-state index contributed by atoms with van der Waals surface area (Å²) in [6.45, 7) is -0.0196. The average molecular weight is 302 g/mol. The Morgan fingerprint density at radius 1 is 0.955 bits per heavy atom. The summed E-state index contributed by atoms with van der Waals surface area (Å²) >= 11 is 0. The predicted molar refractivity (Wildman–Crippen MR) is 76.9 cm³/mol. The van der Waals surface area contributed by atoms with E-state index in [0.29, 0.717) is 5.56 Å². The molecule has 2 atom stereocenters. The van der Waals surface area contributed by atoms with E-state index in [2.05, 4.69) is 11.8 Å². The van der Waals surface area contributed by atoms with E-state index in [4.69, 9.17) is 4.74 Å². The van der Waals surface area contributed by atoms with Crippen LogP contribution >= 0.6 is 0 Å². The highest BCUT2D eigenvalue weighted by molar-refractivity contribution is 5.38. The van der Waals surface area contributed by atoms with E-state index < -0.39 is 17.7 Å². The van der Waals surface area contributed by atoms with Crippen molar-refractivity contribution in [2.75, 3.05) is 6.61 Å². The summed E-state index contributed by atoms with van der Waals surface area (Å²) in [5, 5.41) is 0. The van der Waals surface area contributed by atoms with Crippen molar-refractivity contribution in [3.8, 4) is 11.8 Å². The molecule has 0 amide bonds. The van der Waals surface area contributed by atoms with Crippen molar-refractivity contribution in [3.05, 3.63) is 71.8 Å². The third-order valence-corrected chi connectivity index (χ3v) is 3.76. The minimum absolute atomic E-state index is 0.0196. The van der Waals surface area contributed by atoms with Gasteiger partial charge in [-0.15, -0.1) is 0 Å². The quantitative estimate of drug-likeness (QED) is 0.719. The molecule has 112 valence electrons. The highest BCUT2D eigenvalue weighted by atomic mass is 19.4. The number of alkyl halides is 3. The Labute approximate surface area is 126 Å². The minimum atomic E-state index is -4.51. The lowest BCUT2D eigenvalue weighted by molar-refractivity contribution is -0.352. The molecule has 3 rings (SSSR count). The van der Waals surface area contributed by atoms with Crippen LogP contribution < -0.4 is 0 Å². The molecule has 4 heteroatoms. The van der Waals surface area contributed by atoms with E-state index >= 15 is 0 Å². The molecule has 1 aliphatic heterocycles. The van der Waals surface area contributed by atoms with Gasteiger partial charge in [-0.25, -0.2) is 0 Å². The normalized spacial score (nSPS) is 24.0. The maximum absolute atomic E-state index is 13.6. The summed E-state index contributed by atoms with van der Waals surface area (Å²) in [5.41, 5.74) is -1.53. The molecule has 1 nitrogen and oxygen atoms in total. The van der Waals surface area contributed by atoms with E-state index in [1.54, 1.807) is 42.5 Å². The fourth-order valence-corrected chi connectivity index (χ4v) is 2.58. The van der Waals surface area contributed by atoms with Gasteiger partial charge in [0.25, 0.3) is 0 Å². The van der Waals surface area contributed by atoms with Crippen LogP contribution in [0.15, 0.2) is 60.7 Å². The first kappa shape index (κ1) is 14.7. The maximum atomic E-state index is 13.6. The second-order valence-electron chi connectivity index (χ2n) is 5.10. The van der Waals surface area contributed by atoms with Crippen LogP contribution in [-0.4, -0.2) is 12.8 Å². The molecule has 1 heterocycles. The first-order valence-electron chi connectivity index (χ1n) is 6.87. The number of hydrogen-bond donors (Lipinski definition) is 0. The lowest BCUT2D eigenvalue weighted by atomic mass is 9.76. The molecule has 0 N–H and O–H groups in total. The molecule has 0 aromatic heterocycles. The van der Waals surface area contributed by atoms with Crippen LogP contribution in [0.4, 0.5) is 13.2 Å². The van der Waals surface area contributed by atoms with E-state index in [1.807, 2.05) is 6.07 Å². The standard InChI is InChI=1S/C18H13F3O/c19-18(20,21)17(15-9-5-2-6-10-15)16(13-22-17)12-11-14-7-3-1-4-8-14/h1-10,16H,13H2/t16-,17+/m0/s1. The predicted octanol–water partition coefficient (Wildman–Crippen LogP) is 4.14. The summed E-state index contributed by atoms with van der Waals surface area (Å²) in [6, 6.07) is 16.7. The van der Waals surface area contributed by atoms with E-state index in [-0.39, 0.29) is 12.2 Å². The Morgan fingerprint density at radius 3 is 2.05 bits per heavy atom. The lowest BCUT2D eigenvalue weighted by Gasteiger charge is -2.47. The molecule has 1 aliphatic rings. The Hall–Kier alpha value is -2.25. The molecule has 0 spiro atoms. The van der Waals surface area contributed by atoms with E-state index in [9.17, 15) is 13.2 Å². The number of hydrogen-bond acceptors (Lipinski definition) is 1. The molecular formula is C18H13F3O. The summed E-state index contributed by atoms with van der Waals surface area (Å²) in [7, 11) is 0. The Kier molecular flexibility index (Phi) is 3.67. The van der Waals surface area contributed by atoms with Gasteiger partial charge < -0.3 is 4.74 Å². The van der Waals surface area contributed by atoms with Crippen LogP contribution in [0.25, 0.3) is 0 Å². The lowest BCUT2D eigenvalue weighted by Crippen LogP contribution is -2.59. The number of rotatable bonds is 1. The van der Waals surface area contributed by atoms with Crippen molar-refractivity contribution in [3.63, 3.8) is 0 Å². The molecule has 1 saturated heterocycles. The first-order valence-corrected chi connectivity index (χ1v) is 6.87. The molecule has 1 fully saturated rings. The van der Waals surface area contributed by atoms with Crippen LogP contribution in [0, 0.1) is 17.8 Å². The van der Waals surface area contributed by atoms with Crippen LogP contribution in [-0.2, 0) is 10.3 Å². The van der Waals surface area contributed by atoms with E-state index in [1.165, 1.54) is 12.1 Å². The van der Waals surface area contributed by atoms with Gasteiger partial charge in [-0.1, -0.05) is 60.4 Å². The molecule has 0 aliphatic carbocycles. The zero-order valence-electron chi connectivity index (χ0n) is 11.6. The van der Waals surface area contributed by atoms with Gasteiger partial charge in [0.1, 0.15) is 0 Å². The van der Waals surface area contributed by atoms with Gasteiger partial charge in [-0.05, 0) is 17.7 Å². The van der Waals surface area contributed by atoms with Gasteiger partial charge in [0.2, 0.25) is 5.60 Å². The Morgan fingerprint density at radius 2 is 1.55 bits per heavy atom. The smallest absolute Gasteiger partial charge is 0.358 e. The van der Waals surface area contributed by atoms with Crippen molar-refractivity contribution in [1.82, 2.24) is 0 Å². The van der Waals surface area contributed by atoms with Crippen LogP contribution in [0.2, 0.25) is 0 Å². The van der Waals surface area contributed by atoms with Crippen LogP contribution in [0.3, 0.4) is 0 Å². The molecule has 2 aromatic carbocycles. The van der Waals surface area contributed by atoms with Crippen LogP contribution in [0.1, 0.15) is 11.1 Å². The Bertz CT molecular complexity index is 698.